The van der Waals surface area contributed by atoms with Crippen LogP contribution in [-0.2, 0) is 0 Å². The fraction of sp³-hybridized carbons (Fsp3) is 0. The Hall–Kier alpha value is -1.66. The van der Waals surface area contributed by atoms with E-state index >= 15 is 0 Å². The van der Waals surface area contributed by atoms with E-state index in [2.05, 4.69) is 10.1 Å². The summed E-state index contributed by atoms with van der Waals surface area (Å²) in [5.74, 6) is 1.14. The molecular formula is C10H7N3OS2. The highest BCUT2D eigenvalue weighted by Gasteiger charge is 2.12. The van der Waals surface area contributed by atoms with E-state index in [4.69, 9.17) is 10.3 Å². The average molecular weight is 249 g/mol. The van der Waals surface area contributed by atoms with E-state index in [-0.39, 0.29) is 0 Å². The van der Waals surface area contributed by atoms with Gasteiger partial charge in [-0.25, -0.2) is 0 Å². The normalized spacial score (nSPS) is 10.8. The molecule has 3 rings (SSSR count). The summed E-state index contributed by atoms with van der Waals surface area (Å²) in [5.41, 5.74) is 5.65. The van der Waals surface area contributed by atoms with Crippen molar-refractivity contribution < 1.29 is 4.52 Å². The molecule has 0 radical (unpaired) electrons. The Morgan fingerprint density at radius 2 is 2.12 bits per heavy atom. The molecule has 2 N–H and O–H groups in total. The van der Waals surface area contributed by atoms with Gasteiger partial charge in [0.1, 0.15) is 0 Å². The maximum absolute atomic E-state index is 5.65. The molecule has 0 bridgehead atoms. The smallest absolute Gasteiger partial charge is 0.268 e. The van der Waals surface area contributed by atoms with Gasteiger partial charge in [-0.15, -0.1) is 22.7 Å². The first-order valence-corrected chi connectivity index (χ1v) is 6.26. The van der Waals surface area contributed by atoms with Crippen molar-refractivity contribution in [3.05, 3.63) is 29.6 Å². The molecular weight excluding hydrogens is 242 g/mol. The molecule has 0 fully saturated rings. The van der Waals surface area contributed by atoms with Gasteiger partial charge in [-0.2, -0.15) is 4.98 Å². The summed E-state index contributed by atoms with van der Waals surface area (Å²) >= 11 is 3.02. The lowest BCUT2D eigenvalue weighted by Gasteiger charge is -1.84. The third-order valence-corrected chi connectivity index (χ3v) is 3.77. The zero-order chi connectivity index (χ0) is 11.0. The largest absolute Gasteiger partial charge is 0.391 e. The molecule has 0 atom stereocenters. The number of nitrogens with zero attached hydrogens (tertiary/aromatic N) is 2. The lowest BCUT2D eigenvalue weighted by atomic mass is 10.4. The van der Waals surface area contributed by atoms with Crippen LogP contribution in [0.15, 0.2) is 34.2 Å². The number of nitrogens with two attached hydrogens (primary N) is 1. The van der Waals surface area contributed by atoms with E-state index in [9.17, 15) is 0 Å². The molecule has 0 saturated carbocycles. The highest BCUT2D eigenvalue weighted by molar-refractivity contribution is 7.19. The van der Waals surface area contributed by atoms with Crippen molar-refractivity contribution in [2.75, 3.05) is 5.73 Å². The molecule has 0 aromatic carbocycles. The maximum Gasteiger partial charge on any atom is 0.268 e. The lowest BCUT2D eigenvalue weighted by molar-refractivity contribution is 0.433. The van der Waals surface area contributed by atoms with Crippen LogP contribution in [0.3, 0.4) is 0 Å². The zero-order valence-corrected chi connectivity index (χ0v) is 9.72. The lowest BCUT2D eigenvalue weighted by Crippen LogP contribution is -1.74. The molecule has 3 aromatic heterocycles. The molecule has 3 heterocycles. The topological polar surface area (TPSA) is 64.9 Å². The van der Waals surface area contributed by atoms with E-state index in [1.165, 1.54) is 11.3 Å². The Morgan fingerprint density at radius 3 is 2.81 bits per heavy atom. The van der Waals surface area contributed by atoms with Crippen molar-refractivity contribution >= 4 is 27.7 Å². The molecule has 3 aromatic rings. The SMILES string of the molecule is Nc1ccc(-c2nc(-c3cccs3)no2)s1. The predicted molar refractivity (Wildman–Crippen MR) is 65.3 cm³/mol. The van der Waals surface area contributed by atoms with Crippen molar-refractivity contribution in [1.29, 1.82) is 0 Å². The molecule has 16 heavy (non-hydrogen) atoms. The Morgan fingerprint density at radius 1 is 1.19 bits per heavy atom. The van der Waals surface area contributed by atoms with E-state index < -0.39 is 0 Å². The summed E-state index contributed by atoms with van der Waals surface area (Å²) in [4.78, 5) is 6.22. The molecule has 0 aliphatic rings. The average Bonchev–Trinajstić information content (AvgIpc) is 2.97. The van der Waals surface area contributed by atoms with Gasteiger partial charge >= 0.3 is 0 Å². The number of rotatable bonds is 2. The maximum atomic E-state index is 5.65. The van der Waals surface area contributed by atoms with Gasteiger partial charge in [0.25, 0.3) is 5.89 Å². The second-order valence-electron chi connectivity index (χ2n) is 3.10. The van der Waals surface area contributed by atoms with Crippen LogP contribution in [0.4, 0.5) is 5.00 Å². The van der Waals surface area contributed by atoms with Crippen molar-refractivity contribution in [2.45, 2.75) is 0 Å². The van der Waals surface area contributed by atoms with Crippen molar-refractivity contribution in [2.24, 2.45) is 0 Å². The Bertz CT molecular complexity index is 597. The quantitative estimate of drug-likeness (QED) is 0.758. The molecule has 80 valence electrons. The van der Waals surface area contributed by atoms with Gasteiger partial charge in [0.15, 0.2) is 0 Å². The Kier molecular flexibility index (Phi) is 2.23. The van der Waals surface area contributed by atoms with Gasteiger partial charge in [-0.1, -0.05) is 11.2 Å². The minimum atomic E-state index is 0.519. The summed E-state index contributed by atoms with van der Waals surface area (Å²) < 4.78 is 5.19. The van der Waals surface area contributed by atoms with Crippen LogP contribution in [0.2, 0.25) is 0 Å². The van der Waals surface area contributed by atoms with Gasteiger partial charge in [-0.3, -0.25) is 0 Å². The van der Waals surface area contributed by atoms with Crippen LogP contribution >= 0.6 is 22.7 Å². The van der Waals surface area contributed by atoms with Crippen LogP contribution in [0.1, 0.15) is 0 Å². The number of hydrogen-bond donors (Lipinski definition) is 1. The van der Waals surface area contributed by atoms with E-state index in [0.29, 0.717) is 11.7 Å². The first kappa shape index (κ1) is 9.56. The van der Waals surface area contributed by atoms with Gasteiger partial charge < -0.3 is 10.3 Å². The minimum Gasteiger partial charge on any atom is -0.391 e. The van der Waals surface area contributed by atoms with Gasteiger partial charge in [0.2, 0.25) is 5.82 Å². The van der Waals surface area contributed by atoms with Crippen LogP contribution in [0.5, 0.6) is 0 Å². The first-order chi connectivity index (χ1) is 7.83. The highest BCUT2D eigenvalue weighted by Crippen LogP contribution is 2.30. The minimum absolute atomic E-state index is 0.519. The molecule has 0 amide bonds. The third kappa shape index (κ3) is 1.62. The van der Waals surface area contributed by atoms with Gasteiger partial charge in [-0.05, 0) is 23.6 Å². The number of anilines is 1. The monoisotopic (exact) mass is 249 g/mol. The molecule has 0 spiro atoms. The fourth-order valence-corrected chi connectivity index (χ4v) is 2.64. The van der Waals surface area contributed by atoms with E-state index in [0.717, 1.165) is 14.8 Å². The molecule has 4 nitrogen and oxygen atoms in total. The van der Waals surface area contributed by atoms with Crippen LogP contribution in [-0.4, -0.2) is 10.1 Å². The van der Waals surface area contributed by atoms with Gasteiger partial charge in [0, 0.05) is 0 Å². The fourth-order valence-electron chi connectivity index (χ4n) is 1.30. The summed E-state index contributed by atoms with van der Waals surface area (Å²) in [6.07, 6.45) is 0. The van der Waals surface area contributed by atoms with Crippen molar-refractivity contribution in [3.8, 4) is 21.5 Å². The molecule has 0 unspecified atom stereocenters. The summed E-state index contributed by atoms with van der Waals surface area (Å²) in [5, 5.41) is 6.66. The second-order valence-corrected chi connectivity index (χ2v) is 5.17. The number of hydrogen-bond acceptors (Lipinski definition) is 6. The summed E-state index contributed by atoms with van der Waals surface area (Å²) in [6, 6.07) is 7.63. The van der Waals surface area contributed by atoms with Crippen LogP contribution in [0, 0.1) is 0 Å². The van der Waals surface area contributed by atoms with Crippen molar-refractivity contribution in [3.63, 3.8) is 0 Å². The molecule has 0 aliphatic heterocycles. The Labute approximate surface area is 99.4 Å². The number of thiophene rings is 2. The number of aromatic nitrogens is 2. The third-order valence-electron chi connectivity index (χ3n) is 2.01. The second kappa shape index (κ2) is 3.73. The molecule has 0 aliphatic carbocycles. The summed E-state index contributed by atoms with van der Waals surface area (Å²) in [6.45, 7) is 0. The van der Waals surface area contributed by atoms with E-state index in [1.54, 1.807) is 11.3 Å². The zero-order valence-electron chi connectivity index (χ0n) is 8.08. The van der Waals surface area contributed by atoms with E-state index in [1.807, 2.05) is 29.6 Å². The molecule has 6 heteroatoms. The first-order valence-electron chi connectivity index (χ1n) is 4.56. The van der Waals surface area contributed by atoms with Crippen LogP contribution < -0.4 is 5.73 Å². The molecule has 0 saturated heterocycles. The van der Waals surface area contributed by atoms with Crippen molar-refractivity contribution in [1.82, 2.24) is 10.1 Å². The van der Waals surface area contributed by atoms with Crippen LogP contribution in [0.25, 0.3) is 21.5 Å². The van der Waals surface area contributed by atoms with Gasteiger partial charge in [0.05, 0.1) is 14.8 Å². The highest BCUT2D eigenvalue weighted by atomic mass is 32.1. The Balaban J connectivity index is 2.00. The summed E-state index contributed by atoms with van der Waals surface area (Å²) in [7, 11) is 0. The predicted octanol–water partition coefficient (Wildman–Crippen LogP) is 3.11. The standard InChI is InChI=1S/C10H7N3OS2/c11-8-4-3-7(16-8)10-12-9(13-14-10)6-2-1-5-15-6/h1-5H,11H2. The number of nitrogen functional groups attached to an aromatic ring is 1.